The molecule has 2 amide bonds. The van der Waals surface area contributed by atoms with Gasteiger partial charge in [0.25, 0.3) is 0 Å². The topological polar surface area (TPSA) is 52.6 Å². The third-order valence-electron chi connectivity index (χ3n) is 2.76. The second-order valence-electron chi connectivity index (χ2n) is 4.21. The largest absolute Gasteiger partial charge is 0.395 e. The fourth-order valence-corrected chi connectivity index (χ4v) is 2.01. The van der Waals surface area contributed by atoms with Crippen LogP contribution in [0.3, 0.4) is 0 Å². The Morgan fingerprint density at radius 1 is 1.39 bits per heavy atom. The number of nitrogens with one attached hydrogen (secondary N) is 1. The molecule has 0 heterocycles. The maximum absolute atomic E-state index is 12.0. The molecule has 4 nitrogen and oxygen atoms in total. The van der Waals surface area contributed by atoms with Crippen LogP contribution in [0.1, 0.15) is 12.8 Å². The van der Waals surface area contributed by atoms with Gasteiger partial charge in [-0.3, -0.25) is 0 Å². The van der Waals surface area contributed by atoms with Gasteiger partial charge in [0.15, 0.2) is 0 Å². The molecule has 18 heavy (non-hydrogen) atoms. The van der Waals surface area contributed by atoms with Crippen LogP contribution in [-0.4, -0.2) is 35.2 Å². The molecule has 0 saturated heterocycles. The smallest absolute Gasteiger partial charge is 0.322 e. The fraction of sp³-hybridized carbons (Fsp3) is 0.417. The number of benzene rings is 1. The average molecular weight is 289 g/mol. The Balaban J connectivity index is 2.02. The second kappa shape index (κ2) is 5.78. The quantitative estimate of drug-likeness (QED) is 0.895. The van der Waals surface area contributed by atoms with Gasteiger partial charge in [0.1, 0.15) is 0 Å². The van der Waals surface area contributed by atoms with Crippen LogP contribution in [0.25, 0.3) is 0 Å². The molecule has 1 saturated carbocycles. The van der Waals surface area contributed by atoms with E-state index in [4.69, 9.17) is 28.3 Å². The Bertz CT molecular complexity index is 450. The van der Waals surface area contributed by atoms with Crippen molar-refractivity contribution in [1.82, 2.24) is 4.90 Å². The molecule has 2 N–H and O–H groups in total. The van der Waals surface area contributed by atoms with Gasteiger partial charge in [0, 0.05) is 18.3 Å². The van der Waals surface area contributed by atoms with E-state index < -0.39 is 0 Å². The standard InChI is InChI=1S/C12H14Cl2N2O2/c13-10-4-1-8(7-11(10)14)15-12(18)16(5-6-17)9-2-3-9/h1,4,7,9,17H,2-3,5-6H2,(H,15,18). The van der Waals surface area contributed by atoms with E-state index in [0.717, 1.165) is 12.8 Å². The van der Waals surface area contributed by atoms with Crippen LogP contribution < -0.4 is 5.32 Å². The van der Waals surface area contributed by atoms with Crippen molar-refractivity contribution in [1.29, 1.82) is 0 Å². The van der Waals surface area contributed by atoms with E-state index in [2.05, 4.69) is 5.32 Å². The summed E-state index contributed by atoms with van der Waals surface area (Å²) in [6, 6.07) is 4.96. The number of anilines is 1. The number of aliphatic hydroxyl groups is 1. The molecule has 0 atom stereocenters. The van der Waals surface area contributed by atoms with Crippen molar-refractivity contribution in [3.63, 3.8) is 0 Å². The summed E-state index contributed by atoms with van der Waals surface area (Å²) in [5, 5.41) is 12.5. The summed E-state index contributed by atoms with van der Waals surface area (Å²) in [5.41, 5.74) is 0.595. The van der Waals surface area contributed by atoms with Gasteiger partial charge in [0.2, 0.25) is 0 Å². The van der Waals surface area contributed by atoms with Gasteiger partial charge >= 0.3 is 6.03 Å². The lowest BCUT2D eigenvalue weighted by molar-refractivity contribution is 0.185. The van der Waals surface area contributed by atoms with E-state index in [0.29, 0.717) is 22.3 Å². The van der Waals surface area contributed by atoms with Crippen molar-refractivity contribution in [2.45, 2.75) is 18.9 Å². The maximum Gasteiger partial charge on any atom is 0.322 e. The van der Waals surface area contributed by atoms with Gasteiger partial charge < -0.3 is 15.3 Å². The van der Waals surface area contributed by atoms with Crippen LogP contribution in [0, 0.1) is 0 Å². The van der Waals surface area contributed by atoms with Crippen LogP contribution in [0.15, 0.2) is 18.2 Å². The van der Waals surface area contributed by atoms with Gasteiger partial charge in [0.05, 0.1) is 16.7 Å². The minimum Gasteiger partial charge on any atom is -0.395 e. The Morgan fingerprint density at radius 2 is 2.11 bits per heavy atom. The number of aliphatic hydroxyl groups excluding tert-OH is 1. The zero-order chi connectivity index (χ0) is 13.1. The van der Waals surface area contributed by atoms with Crippen molar-refractivity contribution < 1.29 is 9.90 Å². The first-order valence-corrected chi connectivity index (χ1v) is 6.51. The number of carbonyl (C=O) groups excluding carboxylic acids is 1. The number of hydrogen-bond donors (Lipinski definition) is 2. The Kier molecular flexibility index (Phi) is 4.32. The van der Waals surface area contributed by atoms with Gasteiger partial charge in [-0.25, -0.2) is 4.79 Å². The molecule has 0 unspecified atom stereocenters. The summed E-state index contributed by atoms with van der Waals surface area (Å²) in [4.78, 5) is 13.6. The zero-order valence-electron chi connectivity index (χ0n) is 9.70. The summed E-state index contributed by atoms with van der Waals surface area (Å²) in [5.74, 6) is 0. The molecule has 2 rings (SSSR count). The number of halogens is 2. The lowest BCUT2D eigenvalue weighted by Crippen LogP contribution is -2.38. The summed E-state index contributed by atoms with van der Waals surface area (Å²) in [6.07, 6.45) is 1.99. The fourth-order valence-electron chi connectivity index (χ4n) is 1.71. The molecule has 1 aromatic carbocycles. The van der Waals surface area contributed by atoms with Crippen LogP contribution in [0.2, 0.25) is 10.0 Å². The molecular weight excluding hydrogens is 275 g/mol. The summed E-state index contributed by atoms with van der Waals surface area (Å²) < 4.78 is 0. The van der Waals surface area contributed by atoms with Gasteiger partial charge in [-0.05, 0) is 31.0 Å². The number of urea groups is 1. The normalized spacial score (nSPS) is 14.4. The SMILES string of the molecule is O=C(Nc1ccc(Cl)c(Cl)c1)N(CCO)C1CC1. The molecule has 98 valence electrons. The zero-order valence-corrected chi connectivity index (χ0v) is 11.2. The molecular formula is C12H14Cl2N2O2. The Hall–Kier alpha value is -0.970. The first-order chi connectivity index (χ1) is 8.61. The minimum atomic E-state index is -0.218. The van der Waals surface area contributed by atoms with Gasteiger partial charge in [-0.15, -0.1) is 0 Å². The van der Waals surface area contributed by atoms with Gasteiger partial charge in [-0.2, -0.15) is 0 Å². The average Bonchev–Trinajstić information content (AvgIpc) is 3.15. The van der Waals surface area contributed by atoms with E-state index in [-0.39, 0.29) is 18.7 Å². The summed E-state index contributed by atoms with van der Waals surface area (Å²) in [6.45, 7) is 0.309. The first-order valence-electron chi connectivity index (χ1n) is 5.75. The van der Waals surface area contributed by atoms with E-state index in [1.807, 2.05) is 0 Å². The van der Waals surface area contributed by atoms with Crippen molar-refractivity contribution in [3.05, 3.63) is 28.2 Å². The van der Waals surface area contributed by atoms with E-state index in [1.54, 1.807) is 23.1 Å². The van der Waals surface area contributed by atoms with E-state index >= 15 is 0 Å². The van der Waals surface area contributed by atoms with Crippen molar-refractivity contribution in [2.75, 3.05) is 18.5 Å². The number of carbonyl (C=O) groups is 1. The summed E-state index contributed by atoms with van der Waals surface area (Å²) >= 11 is 11.7. The Labute approximate surface area is 115 Å². The number of hydrogen-bond acceptors (Lipinski definition) is 2. The van der Waals surface area contributed by atoms with Crippen LogP contribution in [0.4, 0.5) is 10.5 Å². The van der Waals surface area contributed by atoms with Crippen molar-refractivity contribution >= 4 is 34.9 Å². The highest BCUT2D eigenvalue weighted by Crippen LogP contribution is 2.28. The summed E-state index contributed by atoms with van der Waals surface area (Å²) in [7, 11) is 0. The monoisotopic (exact) mass is 288 g/mol. The number of nitrogens with zero attached hydrogens (tertiary/aromatic N) is 1. The molecule has 0 bridgehead atoms. The molecule has 1 fully saturated rings. The van der Waals surface area contributed by atoms with Crippen LogP contribution in [-0.2, 0) is 0 Å². The third-order valence-corrected chi connectivity index (χ3v) is 3.50. The molecule has 6 heteroatoms. The molecule has 1 aliphatic carbocycles. The second-order valence-corrected chi connectivity index (χ2v) is 5.02. The molecule has 0 aromatic heterocycles. The lowest BCUT2D eigenvalue weighted by atomic mass is 10.3. The third kappa shape index (κ3) is 3.28. The van der Waals surface area contributed by atoms with Gasteiger partial charge in [-0.1, -0.05) is 23.2 Å². The van der Waals surface area contributed by atoms with Crippen LogP contribution in [0.5, 0.6) is 0 Å². The molecule has 0 spiro atoms. The molecule has 0 aliphatic heterocycles. The maximum atomic E-state index is 12.0. The predicted octanol–water partition coefficient (Wildman–Crippen LogP) is 2.98. The lowest BCUT2D eigenvalue weighted by Gasteiger charge is -2.21. The highest BCUT2D eigenvalue weighted by atomic mass is 35.5. The van der Waals surface area contributed by atoms with Crippen molar-refractivity contribution in [2.24, 2.45) is 0 Å². The van der Waals surface area contributed by atoms with Crippen LogP contribution >= 0.6 is 23.2 Å². The number of amides is 2. The van der Waals surface area contributed by atoms with Crippen molar-refractivity contribution in [3.8, 4) is 0 Å². The number of rotatable bonds is 4. The molecule has 1 aliphatic rings. The first kappa shape index (κ1) is 13.5. The minimum absolute atomic E-state index is 0.0364. The van der Waals surface area contributed by atoms with E-state index in [9.17, 15) is 4.79 Å². The molecule has 1 aromatic rings. The Morgan fingerprint density at radius 3 is 2.67 bits per heavy atom. The molecule has 0 radical (unpaired) electrons. The predicted molar refractivity (Wildman–Crippen MR) is 72.3 cm³/mol. The highest BCUT2D eigenvalue weighted by Gasteiger charge is 2.32. The van der Waals surface area contributed by atoms with E-state index in [1.165, 1.54) is 0 Å². The highest BCUT2D eigenvalue weighted by molar-refractivity contribution is 6.42.